The number of allylic oxidation sites excluding steroid dienone is 3. The highest BCUT2D eigenvalue weighted by molar-refractivity contribution is 5.69. The number of nitrogens with zero attached hydrogens (tertiary/aromatic N) is 1. The summed E-state index contributed by atoms with van der Waals surface area (Å²) in [6.07, 6.45) is 4.06. The molecule has 0 bridgehead atoms. The molecule has 0 atom stereocenters. The minimum Gasteiger partial charge on any atom is -0.497 e. The van der Waals surface area contributed by atoms with Gasteiger partial charge in [-0.25, -0.2) is 4.79 Å². The normalized spacial score (nSPS) is 16.9. The third kappa shape index (κ3) is 4.44. The molecule has 0 radical (unpaired) electrons. The molecular formula is C16H25NO3. The van der Waals surface area contributed by atoms with Crippen molar-refractivity contribution in [2.45, 2.75) is 32.8 Å². The van der Waals surface area contributed by atoms with E-state index in [0.717, 1.165) is 17.8 Å². The molecule has 0 saturated carbocycles. The summed E-state index contributed by atoms with van der Waals surface area (Å²) in [4.78, 5) is 13.5. The lowest BCUT2D eigenvalue weighted by molar-refractivity contribution is -0.000865. The summed E-state index contributed by atoms with van der Waals surface area (Å²) in [6, 6.07) is 0. The van der Waals surface area contributed by atoms with Crippen molar-refractivity contribution in [2.24, 2.45) is 5.92 Å². The van der Waals surface area contributed by atoms with Crippen molar-refractivity contribution in [3.05, 3.63) is 36.6 Å². The van der Waals surface area contributed by atoms with Gasteiger partial charge in [-0.15, -0.1) is 0 Å². The van der Waals surface area contributed by atoms with Crippen LogP contribution in [0, 0.1) is 5.92 Å². The quantitative estimate of drug-likeness (QED) is 0.571. The van der Waals surface area contributed by atoms with Crippen molar-refractivity contribution < 1.29 is 14.3 Å². The van der Waals surface area contributed by atoms with Crippen LogP contribution in [0.15, 0.2) is 36.6 Å². The molecule has 0 spiro atoms. The summed E-state index contributed by atoms with van der Waals surface area (Å²) in [5.74, 6) is 1.16. The molecule has 1 rings (SSSR count). The smallest absolute Gasteiger partial charge is 0.410 e. The Labute approximate surface area is 121 Å². The number of rotatable bonds is 5. The second-order valence-corrected chi connectivity index (χ2v) is 5.96. The van der Waals surface area contributed by atoms with Gasteiger partial charge in [-0.1, -0.05) is 19.2 Å². The van der Waals surface area contributed by atoms with Gasteiger partial charge in [0.25, 0.3) is 0 Å². The van der Waals surface area contributed by atoms with Crippen LogP contribution in [-0.2, 0) is 9.47 Å². The number of carbonyl (C=O) groups is 1. The van der Waals surface area contributed by atoms with Crippen LogP contribution in [-0.4, -0.2) is 36.8 Å². The summed E-state index contributed by atoms with van der Waals surface area (Å²) in [6.45, 7) is 14.6. The minimum absolute atomic E-state index is 0.242. The zero-order chi connectivity index (χ0) is 15.3. The summed E-state index contributed by atoms with van der Waals surface area (Å²) in [7, 11) is 1.62. The molecule has 1 aliphatic rings. The van der Waals surface area contributed by atoms with E-state index < -0.39 is 5.60 Å². The van der Waals surface area contributed by atoms with E-state index in [0.29, 0.717) is 19.0 Å². The monoisotopic (exact) mass is 279 g/mol. The Bertz CT molecular complexity index is 412. The van der Waals surface area contributed by atoms with Crippen LogP contribution in [0.25, 0.3) is 0 Å². The van der Waals surface area contributed by atoms with E-state index in [4.69, 9.17) is 9.47 Å². The second kappa shape index (κ2) is 6.64. The second-order valence-electron chi connectivity index (χ2n) is 5.96. The van der Waals surface area contributed by atoms with E-state index >= 15 is 0 Å². The average Bonchev–Trinajstić information content (AvgIpc) is 2.29. The summed E-state index contributed by atoms with van der Waals surface area (Å²) < 4.78 is 10.6. The Balaban J connectivity index is 2.49. The molecule has 112 valence electrons. The number of carbonyl (C=O) groups excluding carboxylic acids is 1. The van der Waals surface area contributed by atoms with Gasteiger partial charge in [0.05, 0.1) is 7.11 Å². The Morgan fingerprint density at radius 2 is 1.90 bits per heavy atom. The first-order chi connectivity index (χ1) is 9.30. The highest BCUT2D eigenvalue weighted by Crippen LogP contribution is 2.27. The number of hydrogen-bond donors (Lipinski definition) is 0. The first kappa shape index (κ1) is 16.3. The van der Waals surface area contributed by atoms with E-state index in [1.54, 1.807) is 24.2 Å². The van der Waals surface area contributed by atoms with Crippen molar-refractivity contribution >= 4 is 6.09 Å². The molecule has 1 saturated heterocycles. The Morgan fingerprint density at radius 3 is 2.30 bits per heavy atom. The van der Waals surface area contributed by atoms with E-state index in [-0.39, 0.29) is 6.09 Å². The lowest BCUT2D eigenvalue weighted by Crippen LogP contribution is -2.51. The number of amides is 1. The maximum Gasteiger partial charge on any atom is 0.410 e. The van der Waals surface area contributed by atoms with Gasteiger partial charge in [0.2, 0.25) is 0 Å². The predicted molar refractivity (Wildman–Crippen MR) is 80.3 cm³/mol. The molecule has 1 fully saturated rings. The zero-order valence-corrected chi connectivity index (χ0v) is 12.9. The molecule has 1 amide bonds. The largest absolute Gasteiger partial charge is 0.497 e. The van der Waals surface area contributed by atoms with Crippen LogP contribution < -0.4 is 0 Å². The molecule has 1 aliphatic heterocycles. The van der Waals surface area contributed by atoms with Gasteiger partial charge in [0.15, 0.2) is 0 Å². The van der Waals surface area contributed by atoms with Crippen LogP contribution >= 0.6 is 0 Å². The van der Waals surface area contributed by atoms with Crippen molar-refractivity contribution in [2.75, 3.05) is 20.2 Å². The van der Waals surface area contributed by atoms with Gasteiger partial charge in [-0.2, -0.15) is 0 Å². The highest BCUT2D eigenvalue weighted by Gasteiger charge is 2.33. The SMILES string of the molecule is C=C/C(CC1CN(C(=O)OC(C)(C)C)C1)=C(\C=C)OC. The van der Waals surface area contributed by atoms with E-state index in [1.807, 2.05) is 20.8 Å². The first-order valence-electron chi connectivity index (χ1n) is 6.80. The zero-order valence-electron chi connectivity index (χ0n) is 12.9. The number of hydrogen-bond acceptors (Lipinski definition) is 3. The summed E-state index contributed by atoms with van der Waals surface area (Å²) in [5.41, 5.74) is 0.580. The molecular weight excluding hydrogens is 254 g/mol. The fourth-order valence-corrected chi connectivity index (χ4v) is 2.12. The fraction of sp³-hybridized carbons (Fsp3) is 0.562. The van der Waals surface area contributed by atoms with Gasteiger partial charge in [0, 0.05) is 13.1 Å². The van der Waals surface area contributed by atoms with Crippen LogP contribution in [0.3, 0.4) is 0 Å². The average molecular weight is 279 g/mol. The van der Waals surface area contributed by atoms with Crippen LogP contribution in [0.1, 0.15) is 27.2 Å². The maximum absolute atomic E-state index is 11.8. The molecule has 0 aromatic heterocycles. The van der Waals surface area contributed by atoms with Gasteiger partial charge in [-0.05, 0) is 44.8 Å². The molecule has 0 aromatic carbocycles. The van der Waals surface area contributed by atoms with E-state index in [1.165, 1.54) is 0 Å². The molecule has 0 aromatic rings. The standard InChI is InChI=1S/C16H25NO3/c1-7-13(14(8-2)19-6)9-12-10-17(11-12)15(18)20-16(3,4)5/h7-8,12H,1-2,9-11H2,3-6H3/b14-13-. The van der Waals surface area contributed by atoms with Crippen molar-refractivity contribution in [1.82, 2.24) is 4.90 Å². The lowest BCUT2D eigenvalue weighted by Gasteiger charge is -2.40. The molecule has 20 heavy (non-hydrogen) atoms. The van der Waals surface area contributed by atoms with Crippen molar-refractivity contribution in [3.63, 3.8) is 0 Å². The number of methoxy groups -OCH3 is 1. The minimum atomic E-state index is -0.444. The van der Waals surface area contributed by atoms with Gasteiger partial charge < -0.3 is 14.4 Å². The molecule has 0 aliphatic carbocycles. The molecule has 0 unspecified atom stereocenters. The van der Waals surface area contributed by atoms with E-state index in [9.17, 15) is 4.79 Å². The first-order valence-corrected chi connectivity index (χ1v) is 6.80. The topological polar surface area (TPSA) is 38.8 Å². The van der Waals surface area contributed by atoms with Crippen LogP contribution in [0.5, 0.6) is 0 Å². The Kier molecular flexibility index (Phi) is 5.43. The maximum atomic E-state index is 11.8. The number of likely N-dealkylation sites (tertiary alicyclic amines) is 1. The van der Waals surface area contributed by atoms with Crippen molar-refractivity contribution in [1.29, 1.82) is 0 Å². The van der Waals surface area contributed by atoms with Gasteiger partial charge in [-0.3, -0.25) is 0 Å². The summed E-state index contributed by atoms with van der Waals surface area (Å²) >= 11 is 0. The van der Waals surface area contributed by atoms with Crippen molar-refractivity contribution in [3.8, 4) is 0 Å². The summed E-state index contributed by atoms with van der Waals surface area (Å²) in [5, 5.41) is 0. The molecule has 4 heteroatoms. The predicted octanol–water partition coefficient (Wildman–Crippen LogP) is 3.52. The van der Waals surface area contributed by atoms with Gasteiger partial charge in [0.1, 0.15) is 11.4 Å². The third-order valence-corrected chi connectivity index (χ3v) is 3.09. The van der Waals surface area contributed by atoms with E-state index in [2.05, 4.69) is 13.2 Å². The third-order valence-electron chi connectivity index (χ3n) is 3.09. The molecule has 0 N–H and O–H groups in total. The van der Waals surface area contributed by atoms with Gasteiger partial charge >= 0.3 is 6.09 Å². The highest BCUT2D eigenvalue weighted by atomic mass is 16.6. The Hall–Kier alpha value is -1.71. The lowest BCUT2D eigenvalue weighted by atomic mass is 9.91. The molecule has 4 nitrogen and oxygen atoms in total. The van der Waals surface area contributed by atoms with Crippen LogP contribution in [0.2, 0.25) is 0 Å². The van der Waals surface area contributed by atoms with Crippen LogP contribution in [0.4, 0.5) is 4.79 Å². The fourth-order valence-electron chi connectivity index (χ4n) is 2.12. The Morgan fingerprint density at radius 1 is 1.30 bits per heavy atom. The number of ether oxygens (including phenoxy) is 2. The molecule has 1 heterocycles.